The predicted octanol–water partition coefficient (Wildman–Crippen LogP) is 2.64. The lowest BCUT2D eigenvalue weighted by molar-refractivity contribution is 0.250. The molecule has 1 heterocycles. The molecule has 1 N–H and O–H groups in total. The predicted molar refractivity (Wildman–Crippen MR) is 91.8 cm³/mol. The molecule has 124 valence electrons. The van der Waals surface area contributed by atoms with Crippen LogP contribution in [0.2, 0.25) is 0 Å². The number of aryl methyl sites for hydroxylation is 1. The molecule has 0 radical (unpaired) electrons. The molecule has 0 atom stereocenters. The maximum Gasteiger partial charge on any atom is 0.194 e. The Morgan fingerprint density at radius 1 is 1.41 bits per heavy atom. The molecule has 5 heteroatoms. The van der Waals surface area contributed by atoms with Gasteiger partial charge in [-0.05, 0) is 37.7 Å². The fourth-order valence-electron chi connectivity index (χ4n) is 3.17. The average molecular weight is 305 g/mol. The van der Waals surface area contributed by atoms with Crippen LogP contribution in [-0.2, 0) is 13.6 Å². The van der Waals surface area contributed by atoms with Gasteiger partial charge in [-0.1, -0.05) is 19.8 Å². The molecule has 0 unspecified atom stereocenters. The summed E-state index contributed by atoms with van der Waals surface area (Å²) in [6, 6.07) is 2.02. The van der Waals surface area contributed by atoms with E-state index in [-0.39, 0.29) is 0 Å². The van der Waals surface area contributed by atoms with Crippen LogP contribution in [0.1, 0.15) is 45.2 Å². The molecule has 1 fully saturated rings. The molecule has 0 bridgehead atoms. The van der Waals surface area contributed by atoms with Crippen molar-refractivity contribution in [3.8, 4) is 0 Å². The van der Waals surface area contributed by atoms with Gasteiger partial charge in [0.2, 0.25) is 0 Å². The Bertz CT molecular complexity index is 471. The van der Waals surface area contributed by atoms with Gasteiger partial charge in [-0.25, -0.2) is 4.99 Å². The highest BCUT2D eigenvalue weighted by Gasteiger charge is 2.20. The molecule has 1 saturated carbocycles. The Balaban J connectivity index is 1.92. The van der Waals surface area contributed by atoms with Crippen LogP contribution in [0.5, 0.6) is 0 Å². The molecule has 0 saturated heterocycles. The van der Waals surface area contributed by atoms with Gasteiger partial charge in [0.05, 0.1) is 12.2 Å². The fourth-order valence-corrected chi connectivity index (χ4v) is 3.17. The summed E-state index contributed by atoms with van der Waals surface area (Å²) in [5.74, 6) is 2.72. The largest absolute Gasteiger partial charge is 0.357 e. The third-order valence-electron chi connectivity index (χ3n) is 4.68. The van der Waals surface area contributed by atoms with Crippen molar-refractivity contribution in [2.24, 2.45) is 23.9 Å². The van der Waals surface area contributed by atoms with Crippen LogP contribution in [-0.4, -0.2) is 40.8 Å². The lowest BCUT2D eigenvalue weighted by atomic mass is 9.83. The van der Waals surface area contributed by atoms with Crippen LogP contribution in [0.25, 0.3) is 0 Å². The van der Waals surface area contributed by atoms with E-state index in [1.54, 1.807) is 0 Å². The van der Waals surface area contributed by atoms with Crippen LogP contribution in [0.3, 0.4) is 0 Å². The van der Waals surface area contributed by atoms with Crippen molar-refractivity contribution in [3.05, 3.63) is 18.0 Å². The van der Waals surface area contributed by atoms with Crippen molar-refractivity contribution in [3.63, 3.8) is 0 Å². The maximum absolute atomic E-state index is 4.77. The minimum Gasteiger partial charge on any atom is -0.357 e. The standard InChI is InChI=1S/C17H31N5/c1-5-18-17(19-12-16-10-11-20-22(16)4)21(3)13-15-8-6-14(2)7-9-15/h10-11,14-15H,5-9,12-13H2,1-4H3,(H,18,19). The molecule has 0 amide bonds. The smallest absolute Gasteiger partial charge is 0.194 e. The first-order valence-electron chi connectivity index (χ1n) is 8.56. The summed E-state index contributed by atoms with van der Waals surface area (Å²) in [5.41, 5.74) is 1.13. The second kappa shape index (κ2) is 8.20. The zero-order valence-electron chi connectivity index (χ0n) is 14.5. The first-order chi connectivity index (χ1) is 10.6. The van der Waals surface area contributed by atoms with Gasteiger partial charge in [0.1, 0.15) is 0 Å². The molecule has 1 aromatic rings. The minimum atomic E-state index is 0.672. The van der Waals surface area contributed by atoms with Gasteiger partial charge < -0.3 is 10.2 Å². The van der Waals surface area contributed by atoms with Gasteiger partial charge >= 0.3 is 0 Å². The number of rotatable bonds is 5. The average Bonchev–Trinajstić information content (AvgIpc) is 2.91. The number of hydrogen-bond donors (Lipinski definition) is 1. The Morgan fingerprint density at radius 3 is 2.73 bits per heavy atom. The van der Waals surface area contributed by atoms with E-state index in [1.165, 1.54) is 25.7 Å². The lowest BCUT2D eigenvalue weighted by Crippen LogP contribution is -2.41. The molecule has 1 aliphatic rings. The number of aromatic nitrogens is 2. The van der Waals surface area contributed by atoms with E-state index in [4.69, 9.17) is 4.99 Å². The molecule has 0 aliphatic heterocycles. The van der Waals surface area contributed by atoms with Gasteiger partial charge in [-0.2, -0.15) is 5.10 Å². The van der Waals surface area contributed by atoms with Crippen LogP contribution in [0.4, 0.5) is 0 Å². The summed E-state index contributed by atoms with van der Waals surface area (Å²) in [4.78, 5) is 7.06. The van der Waals surface area contributed by atoms with Crippen molar-refractivity contribution in [1.82, 2.24) is 20.0 Å². The van der Waals surface area contributed by atoms with Crippen molar-refractivity contribution in [2.75, 3.05) is 20.1 Å². The van der Waals surface area contributed by atoms with E-state index in [0.29, 0.717) is 6.54 Å². The molecule has 5 nitrogen and oxygen atoms in total. The molecule has 22 heavy (non-hydrogen) atoms. The number of nitrogens with one attached hydrogen (secondary N) is 1. The van der Waals surface area contributed by atoms with Crippen LogP contribution in [0.15, 0.2) is 17.3 Å². The Hall–Kier alpha value is -1.52. The highest BCUT2D eigenvalue weighted by atomic mass is 15.3. The van der Waals surface area contributed by atoms with E-state index in [1.807, 2.05) is 24.0 Å². The summed E-state index contributed by atoms with van der Waals surface area (Å²) < 4.78 is 1.88. The molecule has 1 aromatic heterocycles. The number of aliphatic imine (C=N–C) groups is 1. The topological polar surface area (TPSA) is 45.5 Å². The van der Waals surface area contributed by atoms with E-state index in [2.05, 4.69) is 36.2 Å². The number of hydrogen-bond acceptors (Lipinski definition) is 2. The number of guanidine groups is 1. The van der Waals surface area contributed by atoms with Gasteiger partial charge in [0, 0.05) is 33.4 Å². The highest BCUT2D eigenvalue weighted by Crippen LogP contribution is 2.28. The molecule has 0 aromatic carbocycles. The summed E-state index contributed by atoms with van der Waals surface area (Å²) in [6.45, 7) is 7.17. The molecule has 0 spiro atoms. The third-order valence-corrected chi connectivity index (χ3v) is 4.68. The monoisotopic (exact) mass is 305 g/mol. The molecule has 2 rings (SSSR count). The maximum atomic E-state index is 4.77. The van der Waals surface area contributed by atoms with Gasteiger partial charge in [-0.3, -0.25) is 4.68 Å². The zero-order valence-corrected chi connectivity index (χ0v) is 14.5. The SMILES string of the molecule is CCNC(=NCc1ccnn1C)N(C)CC1CCC(C)CC1. The van der Waals surface area contributed by atoms with Crippen molar-refractivity contribution >= 4 is 5.96 Å². The van der Waals surface area contributed by atoms with E-state index in [0.717, 1.165) is 36.6 Å². The van der Waals surface area contributed by atoms with Gasteiger partial charge in [0.25, 0.3) is 0 Å². The van der Waals surface area contributed by atoms with Crippen molar-refractivity contribution in [1.29, 1.82) is 0 Å². The first-order valence-corrected chi connectivity index (χ1v) is 8.56. The minimum absolute atomic E-state index is 0.672. The summed E-state index contributed by atoms with van der Waals surface area (Å²) in [6.07, 6.45) is 7.28. The summed E-state index contributed by atoms with van der Waals surface area (Å²) in [5, 5.41) is 7.61. The fraction of sp³-hybridized carbons (Fsp3) is 0.765. The van der Waals surface area contributed by atoms with Crippen LogP contribution in [0, 0.1) is 11.8 Å². The third kappa shape index (κ3) is 4.75. The van der Waals surface area contributed by atoms with E-state index in [9.17, 15) is 0 Å². The van der Waals surface area contributed by atoms with E-state index < -0.39 is 0 Å². The summed E-state index contributed by atoms with van der Waals surface area (Å²) in [7, 11) is 4.12. The van der Waals surface area contributed by atoms with E-state index >= 15 is 0 Å². The highest BCUT2D eigenvalue weighted by molar-refractivity contribution is 5.79. The molecular formula is C17H31N5. The van der Waals surface area contributed by atoms with Gasteiger partial charge in [-0.15, -0.1) is 0 Å². The van der Waals surface area contributed by atoms with Crippen LogP contribution < -0.4 is 5.32 Å². The lowest BCUT2D eigenvalue weighted by Gasteiger charge is -2.31. The quantitative estimate of drug-likeness (QED) is 0.672. The molecule has 1 aliphatic carbocycles. The Labute approximate surface area is 134 Å². The van der Waals surface area contributed by atoms with Crippen molar-refractivity contribution in [2.45, 2.75) is 46.1 Å². The normalized spacial score (nSPS) is 22.6. The number of nitrogens with zero attached hydrogens (tertiary/aromatic N) is 4. The van der Waals surface area contributed by atoms with Crippen LogP contribution >= 0.6 is 0 Å². The Morgan fingerprint density at radius 2 is 2.14 bits per heavy atom. The summed E-state index contributed by atoms with van der Waals surface area (Å²) >= 11 is 0. The molecular weight excluding hydrogens is 274 g/mol. The zero-order chi connectivity index (χ0) is 15.9. The Kier molecular flexibility index (Phi) is 6.28. The second-order valence-corrected chi connectivity index (χ2v) is 6.62. The first kappa shape index (κ1) is 16.8. The second-order valence-electron chi connectivity index (χ2n) is 6.62. The van der Waals surface area contributed by atoms with Crippen molar-refractivity contribution < 1.29 is 0 Å². The van der Waals surface area contributed by atoms with Gasteiger partial charge in [0.15, 0.2) is 5.96 Å².